The third-order valence-corrected chi connectivity index (χ3v) is 4.51. The number of amides is 2. The first kappa shape index (κ1) is 15.8. The summed E-state index contributed by atoms with van der Waals surface area (Å²) in [7, 11) is 0. The molecule has 1 fully saturated rings. The average Bonchev–Trinajstić information content (AvgIpc) is 2.51. The van der Waals surface area contributed by atoms with Crippen molar-refractivity contribution in [3.63, 3.8) is 0 Å². The summed E-state index contributed by atoms with van der Waals surface area (Å²) < 4.78 is 1.06. The second-order valence-corrected chi connectivity index (χ2v) is 6.02. The first-order valence-electron chi connectivity index (χ1n) is 7.07. The van der Waals surface area contributed by atoms with Gasteiger partial charge in [0.05, 0.1) is 0 Å². The van der Waals surface area contributed by atoms with Crippen LogP contribution in [0.15, 0.2) is 22.7 Å². The fourth-order valence-electron chi connectivity index (χ4n) is 2.25. The lowest BCUT2D eigenvalue weighted by molar-refractivity contribution is -0.134. The van der Waals surface area contributed by atoms with Crippen LogP contribution in [0.3, 0.4) is 0 Å². The Hall–Kier alpha value is -1.56. The van der Waals surface area contributed by atoms with Gasteiger partial charge in [0.15, 0.2) is 0 Å². The van der Waals surface area contributed by atoms with Crippen LogP contribution in [0, 0.1) is 6.92 Å². The van der Waals surface area contributed by atoms with E-state index in [9.17, 15) is 9.59 Å². The van der Waals surface area contributed by atoms with Gasteiger partial charge in [0, 0.05) is 49.3 Å². The lowest BCUT2D eigenvalue weighted by Crippen LogP contribution is -2.48. The van der Waals surface area contributed by atoms with Gasteiger partial charge in [-0.1, -0.05) is 22.0 Å². The van der Waals surface area contributed by atoms with E-state index in [-0.39, 0.29) is 5.91 Å². The van der Waals surface area contributed by atoms with Crippen LogP contribution in [0.1, 0.15) is 12.0 Å². The zero-order chi connectivity index (χ0) is 15.2. The number of halogens is 1. The molecule has 2 amide bonds. The number of nitrogens with one attached hydrogen (secondary N) is 1. The Morgan fingerprint density at radius 2 is 2.05 bits per heavy atom. The van der Waals surface area contributed by atoms with Crippen molar-refractivity contribution >= 4 is 33.9 Å². The summed E-state index contributed by atoms with van der Waals surface area (Å²) in [5.74, 6) is 0.138. The van der Waals surface area contributed by atoms with Gasteiger partial charge in [0.25, 0.3) is 0 Å². The lowest BCUT2D eigenvalue weighted by Gasteiger charge is -2.32. The van der Waals surface area contributed by atoms with E-state index in [2.05, 4.69) is 21.2 Å². The molecule has 1 aliphatic rings. The van der Waals surface area contributed by atoms with Gasteiger partial charge in [-0.25, -0.2) is 0 Å². The van der Waals surface area contributed by atoms with Gasteiger partial charge >= 0.3 is 0 Å². The normalized spacial score (nSPS) is 15.0. The van der Waals surface area contributed by atoms with Crippen LogP contribution >= 0.6 is 15.9 Å². The summed E-state index contributed by atoms with van der Waals surface area (Å²) >= 11 is 3.49. The average molecular weight is 354 g/mol. The van der Waals surface area contributed by atoms with E-state index in [1.165, 1.54) is 5.56 Å². The molecule has 1 saturated heterocycles. The van der Waals surface area contributed by atoms with E-state index in [0.29, 0.717) is 39.1 Å². The molecular weight excluding hydrogens is 334 g/mol. The van der Waals surface area contributed by atoms with Crippen molar-refractivity contribution in [2.24, 2.45) is 0 Å². The van der Waals surface area contributed by atoms with Crippen molar-refractivity contribution < 1.29 is 9.59 Å². The number of piperazine rings is 1. The predicted octanol–water partition coefficient (Wildman–Crippen LogP) is 1.86. The SMILES string of the molecule is Cc1ccc(NCCC(=O)N2CCN(C=O)CC2)cc1Br. The summed E-state index contributed by atoms with van der Waals surface area (Å²) in [6.45, 7) is 5.18. The number of nitrogens with zero attached hydrogens (tertiary/aromatic N) is 2. The highest BCUT2D eigenvalue weighted by atomic mass is 79.9. The Bertz CT molecular complexity index is 514. The smallest absolute Gasteiger partial charge is 0.224 e. The second kappa shape index (κ2) is 7.45. The number of rotatable bonds is 5. The third-order valence-electron chi connectivity index (χ3n) is 3.66. The lowest BCUT2D eigenvalue weighted by atomic mass is 10.2. The van der Waals surface area contributed by atoms with Crippen LogP contribution in [-0.2, 0) is 9.59 Å². The minimum Gasteiger partial charge on any atom is -0.384 e. The Labute approximate surface area is 133 Å². The molecule has 0 unspecified atom stereocenters. The zero-order valence-corrected chi connectivity index (χ0v) is 13.7. The fourth-order valence-corrected chi connectivity index (χ4v) is 2.63. The van der Waals surface area contributed by atoms with Gasteiger partial charge in [-0.2, -0.15) is 0 Å². The third kappa shape index (κ3) is 4.46. The molecule has 1 aliphatic heterocycles. The number of hydrogen-bond donors (Lipinski definition) is 1. The largest absolute Gasteiger partial charge is 0.384 e. The number of aryl methyl sites for hydroxylation is 1. The second-order valence-electron chi connectivity index (χ2n) is 5.16. The maximum Gasteiger partial charge on any atom is 0.224 e. The first-order valence-corrected chi connectivity index (χ1v) is 7.86. The van der Waals surface area contributed by atoms with Gasteiger partial charge < -0.3 is 15.1 Å². The molecule has 0 bridgehead atoms. The van der Waals surface area contributed by atoms with E-state index < -0.39 is 0 Å². The minimum absolute atomic E-state index is 0.138. The summed E-state index contributed by atoms with van der Waals surface area (Å²) in [5.41, 5.74) is 2.19. The monoisotopic (exact) mass is 353 g/mol. The van der Waals surface area contributed by atoms with Crippen LogP contribution < -0.4 is 5.32 Å². The minimum atomic E-state index is 0.138. The quantitative estimate of drug-likeness (QED) is 0.822. The first-order chi connectivity index (χ1) is 10.1. The summed E-state index contributed by atoms with van der Waals surface area (Å²) in [6.07, 6.45) is 1.31. The molecule has 5 nitrogen and oxygen atoms in total. The van der Waals surface area contributed by atoms with Crippen molar-refractivity contribution in [3.05, 3.63) is 28.2 Å². The maximum atomic E-state index is 12.1. The Balaban J connectivity index is 1.74. The molecule has 21 heavy (non-hydrogen) atoms. The summed E-state index contributed by atoms with van der Waals surface area (Å²) in [6, 6.07) is 6.06. The van der Waals surface area contributed by atoms with Crippen molar-refractivity contribution in [3.8, 4) is 0 Å². The molecular formula is C15H20BrN3O2. The van der Waals surface area contributed by atoms with Crippen molar-refractivity contribution in [1.29, 1.82) is 0 Å². The Morgan fingerprint density at radius 1 is 1.33 bits per heavy atom. The van der Waals surface area contributed by atoms with Gasteiger partial charge in [-0.15, -0.1) is 0 Å². The zero-order valence-electron chi connectivity index (χ0n) is 12.1. The highest BCUT2D eigenvalue weighted by Gasteiger charge is 2.19. The fraction of sp³-hybridized carbons (Fsp3) is 0.467. The van der Waals surface area contributed by atoms with Gasteiger partial charge in [0.2, 0.25) is 12.3 Å². The topological polar surface area (TPSA) is 52.7 Å². The molecule has 2 rings (SSSR count). The van der Waals surface area contributed by atoms with E-state index >= 15 is 0 Å². The molecule has 0 aliphatic carbocycles. The van der Waals surface area contributed by atoms with Gasteiger partial charge in [-0.05, 0) is 24.6 Å². The van der Waals surface area contributed by atoms with Gasteiger partial charge in [-0.3, -0.25) is 9.59 Å². The molecule has 1 N–H and O–H groups in total. The standard InChI is InChI=1S/C15H20BrN3O2/c1-12-2-3-13(10-14(12)16)17-5-4-15(21)19-8-6-18(11-20)7-9-19/h2-3,10-11,17H,4-9H2,1H3. The molecule has 0 atom stereocenters. The number of hydrogen-bond acceptors (Lipinski definition) is 3. The molecule has 1 aromatic rings. The summed E-state index contributed by atoms with van der Waals surface area (Å²) in [5, 5.41) is 3.26. The van der Waals surface area contributed by atoms with Crippen LogP contribution in [0.4, 0.5) is 5.69 Å². The van der Waals surface area contributed by atoms with Crippen LogP contribution in [0.25, 0.3) is 0 Å². The number of carbonyl (C=O) groups is 2. The number of benzene rings is 1. The predicted molar refractivity (Wildman–Crippen MR) is 86.2 cm³/mol. The van der Waals surface area contributed by atoms with Crippen LogP contribution in [0.5, 0.6) is 0 Å². The molecule has 0 radical (unpaired) electrons. The van der Waals surface area contributed by atoms with Crippen LogP contribution in [0.2, 0.25) is 0 Å². The number of anilines is 1. The molecule has 0 saturated carbocycles. The van der Waals surface area contributed by atoms with Crippen molar-refractivity contribution in [2.75, 3.05) is 38.0 Å². The van der Waals surface area contributed by atoms with E-state index in [0.717, 1.165) is 16.6 Å². The summed E-state index contributed by atoms with van der Waals surface area (Å²) in [4.78, 5) is 26.2. The number of carbonyl (C=O) groups excluding carboxylic acids is 2. The Kier molecular flexibility index (Phi) is 5.61. The van der Waals surface area contributed by atoms with Crippen molar-refractivity contribution in [1.82, 2.24) is 9.80 Å². The maximum absolute atomic E-state index is 12.1. The molecule has 1 aromatic carbocycles. The van der Waals surface area contributed by atoms with E-state index in [1.807, 2.05) is 30.0 Å². The van der Waals surface area contributed by atoms with E-state index in [1.54, 1.807) is 4.90 Å². The molecule has 114 valence electrons. The Morgan fingerprint density at radius 3 is 2.67 bits per heavy atom. The van der Waals surface area contributed by atoms with Gasteiger partial charge in [0.1, 0.15) is 0 Å². The van der Waals surface area contributed by atoms with Crippen molar-refractivity contribution in [2.45, 2.75) is 13.3 Å². The van der Waals surface area contributed by atoms with Crippen LogP contribution in [-0.4, -0.2) is 54.8 Å². The van der Waals surface area contributed by atoms with E-state index in [4.69, 9.17) is 0 Å². The molecule has 1 heterocycles. The molecule has 0 spiro atoms. The molecule has 0 aromatic heterocycles. The highest BCUT2D eigenvalue weighted by molar-refractivity contribution is 9.10. The molecule has 6 heteroatoms. The highest BCUT2D eigenvalue weighted by Crippen LogP contribution is 2.20.